The Hall–Kier alpha value is -2.82. The van der Waals surface area contributed by atoms with Crippen molar-refractivity contribution in [2.75, 3.05) is 19.6 Å². The average Bonchev–Trinajstić information content (AvgIpc) is 2.81. The molecule has 0 saturated carbocycles. The second-order valence-corrected chi connectivity index (χ2v) is 7.72. The van der Waals surface area contributed by atoms with E-state index in [2.05, 4.69) is 48.7 Å². The van der Waals surface area contributed by atoms with E-state index < -0.39 is 0 Å². The van der Waals surface area contributed by atoms with Crippen molar-refractivity contribution in [2.45, 2.75) is 52.6 Å². The highest BCUT2D eigenvalue weighted by Gasteiger charge is 2.17. The molecule has 2 aromatic rings. The number of piperidine rings is 1. The quantitative estimate of drug-likeness (QED) is 0.537. The smallest absolute Gasteiger partial charge is 0.253 e. The highest BCUT2D eigenvalue weighted by atomic mass is 16.2. The molecule has 0 atom stereocenters. The van der Waals surface area contributed by atoms with E-state index in [0.29, 0.717) is 6.54 Å². The van der Waals surface area contributed by atoms with Crippen LogP contribution in [-0.2, 0) is 19.5 Å². The molecule has 1 fully saturated rings. The summed E-state index contributed by atoms with van der Waals surface area (Å²) in [5, 5.41) is 6.74. The van der Waals surface area contributed by atoms with Crippen molar-refractivity contribution in [3.05, 3.63) is 70.8 Å². The van der Waals surface area contributed by atoms with Crippen LogP contribution in [0.15, 0.2) is 53.5 Å². The third-order valence-corrected chi connectivity index (χ3v) is 5.55. The molecule has 0 spiro atoms. The normalized spacial score (nSPS) is 14.5. The zero-order valence-corrected chi connectivity index (χ0v) is 18.3. The van der Waals surface area contributed by atoms with Crippen LogP contribution in [0.3, 0.4) is 0 Å². The molecule has 0 unspecified atom stereocenters. The summed E-state index contributed by atoms with van der Waals surface area (Å²) >= 11 is 0. The number of nitrogens with one attached hydrogen (secondary N) is 2. The van der Waals surface area contributed by atoms with Crippen molar-refractivity contribution < 1.29 is 4.79 Å². The van der Waals surface area contributed by atoms with Crippen molar-refractivity contribution in [3.8, 4) is 0 Å². The maximum absolute atomic E-state index is 12.6. The molecule has 30 heavy (non-hydrogen) atoms. The van der Waals surface area contributed by atoms with Gasteiger partial charge in [-0.15, -0.1) is 0 Å². The van der Waals surface area contributed by atoms with Gasteiger partial charge < -0.3 is 15.5 Å². The minimum Gasteiger partial charge on any atom is -0.357 e. The molecule has 0 bridgehead atoms. The maximum atomic E-state index is 12.6. The molecule has 5 nitrogen and oxygen atoms in total. The SMILES string of the molecule is CCNC(=NCc1ccc(C(=O)N2CCCCC2)cc1)NCc1ccccc1CC. The number of rotatable bonds is 7. The number of hydrogen-bond donors (Lipinski definition) is 2. The number of carbonyl (C=O) groups excluding carboxylic acids is 1. The summed E-state index contributed by atoms with van der Waals surface area (Å²) in [4.78, 5) is 19.3. The zero-order valence-electron chi connectivity index (χ0n) is 18.3. The van der Waals surface area contributed by atoms with Gasteiger partial charge in [0.25, 0.3) is 5.91 Å². The van der Waals surface area contributed by atoms with Crippen LogP contribution >= 0.6 is 0 Å². The first-order valence-corrected chi connectivity index (χ1v) is 11.2. The van der Waals surface area contributed by atoms with Crippen LogP contribution in [0.2, 0.25) is 0 Å². The number of aryl methyl sites for hydroxylation is 1. The Morgan fingerprint density at radius 2 is 1.63 bits per heavy atom. The van der Waals surface area contributed by atoms with Gasteiger partial charge in [-0.1, -0.05) is 43.3 Å². The van der Waals surface area contributed by atoms with Crippen molar-refractivity contribution in [1.29, 1.82) is 0 Å². The molecule has 0 aliphatic carbocycles. The van der Waals surface area contributed by atoms with E-state index in [-0.39, 0.29) is 5.91 Å². The summed E-state index contributed by atoms with van der Waals surface area (Å²) in [5.74, 6) is 0.950. The maximum Gasteiger partial charge on any atom is 0.253 e. The van der Waals surface area contributed by atoms with Crippen molar-refractivity contribution in [3.63, 3.8) is 0 Å². The highest BCUT2D eigenvalue weighted by molar-refractivity contribution is 5.94. The lowest BCUT2D eigenvalue weighted by molar-refractivity contribution is 0.0724. The highest BCUT2D eigenvalue weighted by Crippen LogP contribution is 2.14. The molecular weight excluding hydrogens is 372 g/mol. The number of guanidine groups is 1. The first-order valence-electron chi connectivity index (χ1n) is 11.2. The number of hydrogen-bond acceptors (Lipinski definition) is 2. The molecule has 1 aliphatic rings. The van der Waals surface area contributed by atoms with Crippen LogP contribution in [0.4, 0.5) is 0 Å². The van der Waals surface area contributed by atoms with Crippen molar-refractivity contribution in [2.24, 2.45) is 4.99 Å². The van der Waals surface area contributed by atoms with Gasteiger partial charge in [0.15, 0.2) is 5.96 Å². The van der Waals surface area contributed by atoms with Crippen LogP contribution < -0.4 is 10.6 Å². The van der Waals surface area contributed by atoms with Gasteiger partial charge in [0.1, 0.15) is 0 Å². The number of amides is 1. The van der Waals surface area contributed by atoms with Gasteiger partial charge in [0.2, 0.25) is 0 Å². The standard InChI is InChI=1S/C25H34N4O/c1-3-21-10-6-7-11-23(21)19-28-25(26-4-2)27-18-20-12-14-22(15-13-20)24(30)29-16-8-5-9-17-29/h6-7,10-15H,3-5,8-9,16-19H2,1-2H3,(H2,26,27,28). The van der Waals surface area contributed by atoms with E-state index in [1.54, 1.807) is 0 Å². The largest absolute Gasteiger partial charge is 0.357 e. The number of benzene rings is 2. The molecule has 1 saturated heterocycles. The van der Waals surface area contributed by atoms with Gasteiger partial charge in [-0.05, 0) is 61.4 Å². The van der Waals surface area contributed by atoms with Crippen molar-refractivity contribution >= 4 is 11.9 Å². The summed E-state index contributed by atoms with van der Waals surface area (Å²) in [7, 11) is 0. The number of likely N-dealkylation sites (tertiary alicyclic amines) is 1. The van der Waals surface area contributed by atoms with E-state index in [9.17, 15) is 4.79 Å². The Bertz CT molecular complexity index is 838. The third-order valence-electron chi connectivity index (χ3n) is 5.55. The van der Waals surface area contributed by atoms with E-state index in [1.165, 1.54) is 17.5 Å². The first-order chi connectivity index (χ1) is 14.7. The zero-order chi connectivity index (χ0) is 21.2. The number of nitrogens with zero attached hydrogens (tertiary/aromatic N) is 2. The van der Waals surface area contributed by atoms with Gasteiger partial charge >= 0.3 is 0 Å². The summed E-state index contributed by atoms with van der Waals surface area (Å²) in [6, 6.07) is 16.4. The molecule has 5 heteroatoms. The molecule has 0 aromatic heterocycles. The van der Waals surface area contributed by atoms with Gasteiger partial charge in [-0.2, -0.15) is 0 Å². The van der Waals surface area contributed by atoms with E-state index >= 15 is 0 Å². The minimum absolute atomic E-state index is 0.148. The predicted octanol–water partition coefficient (Wildman–Crippen LogP) is 4.13. The van der Waals surface area contributed by atoms with Gasteiger partial charge in [0, 0.05) is 31.7 Å². The van der Waals surface area contributed by atoms with E-state index in [1.807, 2.05) is 29.2 Å². The molecule has 1 heterocycles. The Balaban J connectivity index is 1.59. The number of aliphatic imine (C=N–C) groups is 1. The predicted molar refractivity (Wildman–Crippen MR) is 124 cm³/mol. The molecule has 160 valence electrons. The fourth-order valence-corrected chi connectivity index (χ4v) is 3.80. The van der Waals surface area contributed by atoms with Crippen LogP contribution in [0.25, 0.3) is 0 Å². The lowest BCUT2D eigenvalue weighted by Gasteiger charge is -2.26. The lowest BCUT2D eigenvalue weighted by Crippen LogP contribution is -2.37. The average molecular weight is 407 g/mol. The topological polar surface area (TPSA) is 56.7 Å². The molecule has 1 aliphatic heterocycles. The number of carbonyl (C=O) groups is 1. The molecule has 0 radical (unpaired) electrons. The second-order valence-electron chi connectivity index (χ2n) is 7.72. The second kappa shape index (κ2) is 11.4. The molecular formula is C25H34N4O. The Labute approximate surface area is 180 Å². The van der Waals surface area contributed by atoms with E-state index in [0.717, 1.165) is 62.5 Å². The third kappa shape index (κ3) is 6.09. The van der Waals surface area contributed by atoms with E-state index in [4.69, 9.17) is 4.99 Å². The molecule has 1 amide bonds. The Kier molecular flexibility index (Phi) is 8.30. The monoisotopic (exact) mass is 406 g/mol. The molecule has 3 rings (SSSR count). The molecule has 2 aromatic carbocycles. The van der Waals surface area contributed by atoms with Crippen molar-refractivity contribution in [1.82, 2.24) is 15.5 Å². The van der Waals surface area contributed by atoms with Crippen LogP contribution in [0.1, 0.15) is 60.2 Å². The van der Waals surface area contributed by atoms with Gasteiger partial charge in [-0.3, -0.25) is 4.79 Å². The summed E-state index contributed by atoms with van der Waals surface area (Å²) in [6.45, 7) is 8.14. The fraction of sp³-hybridized carbons (Fsp3) is 0.440. The minimum atomic E-state index is 0.148. The fourth-order valence-electron chi connectivity index (χ4n) is 3.80. The summed E-state index contributed by atoms with van der Waals surface area (Å²) in [5.41, 5.74) is 4.52. The lowest BCUT2D eigenvalue weighted by atomic mass is 10.1. The first kappa shape index (κ1) is 21.9. The van der Waals surface area contributed by atoms with Gasteiger partial charge in [-0.25, -0.2) is 4.99 Å². The Morgan fingerprint density at radius 3 is 2.30 bits per heavy atom. The van der Waals surface area contributed by atoms with Gasteiger partial charge in [0.05, 0.1) is 6.54 Å². The summed E-state index contributed by atoms with van der Waals surface area (Å²) in [6.07, 6.45) is 4.48. The summed E-state index contributed by atoms with van der Waals surface area (Å²) < 4.78 is 0. The van der Waals surface area contributed by atoms with Crippen LogP contribution in [0.5, 0.6) is 0 Å². The molecule has 2 N–H and O–H groups in total. The van der Waals surface area contributed by atoms with Crippen LogP contribution in [-0.4, -0.2) is 36.4 Å². The van der Waals surface area contributed by atoms with Crippen LogP contribution in [0, 0.1) is 0 Å². The Morgan fingerprint density at radius 1 is 0.933 bits per heavy atom.